The molecule has 0 aromatic rings. The lowest BCUT2D eigenvalue weighted by Gasteiger charge is -2.21. The highest BCUT2D eigenvalue weighted by molar-refractivity contribution is 7.47. The average Bonchev–Trinajstić information content (AvgIpc) is 3.45. The van der Waals surface area contributed by atoms with Gasteiger partial charge in [0, 0.05) is 19.3 Å². The number of ether oxygens (including phenoxy) is 3. The normalized spacial score (nSPS) is 14.3. The third kappa shape index (κ3) is 58.0. The van der Waals surface area contributed by atoms with Gasteiger partial charge in [-0.3, -0.25) is 23.4 Å². The van der Waals surface area contributed by atoms with Crippen LogP contribution in [0.4, 0.5) is 0 Å². The Morgan fingerprint density at radius 3 is 1.05 bits per heavy atom. The molecule has 80 heavy (non-hydrogen) atoms. The number of hydrogen-bond acceptors (Lipinski definition) is 10. The van der Waals surface area contributed by atoms with Crippen molar-refractivity contribution < 1.29 is 52.2 Å². The molecule has 3 unspecified atom stereocenters. The maximum absolute atomic E-state index is 12.9. The van der Waals surface area contributed by atoms with E-state index < -0.39 is 57.8 Å². The minimum atomic E-state index is -4.79. The average molecular weight is 1130 g/mol. The Kier molecular flexibility index (Phi) is 56.9. The number of phosphoric ester groups is 1. The first-order valence-electron chi connectivity index (χ1n) is 30.7. The molecule has 0 aromatic heterocycles. The first kappa shape index (κ1) is 75.4. The van der Waals surface area contributed by atoms with Crippen molar-refractivity contribution in [1.29, 1.82) is 0 Å². The number of allylic oxidation sites excluding steroid dienone is 24. The van der Waals surface area contributed by atoms with Crippen molar-refractivity contribution in [2.45, 2.75) is 238 Å². The molecule has 0 aliphatic carbocycles. The van der Waals surface area contributed by atoms with E-state index in [4.69, 9.17) is 23.3 Å². The monoisotopic (exact) mass is 1130 g/mol. The number of aliphatic hydroxyl groups is 1. The Morgan fingerprint density at radius 2 is 0.662 bits per heavy atom. The Hall–Kier alpha value is -4.64. The quantitative estimate of drug-likeness (QED) is 0.0197. The lowest BCUT2D eigenvalue weighted by Crippen LogP contribution is -2.30. The van der Waals surface area contributed by atoms with Crippen LogP contribution in [0, 0.1) is 0 Å². The first-order chi connectivity index (χ1) is 39.2. The Labute approximate surface area is 486 Å². The number of aliphatic hydroxyl groups excluding tert-OH is 1. The summed E-state index contributed by atoms with van der Waals surface area (Å²) in [6.45, 7) is 4.27. The molecule has 0 bridgehead atoms. The fourth-order valence-electron chi connectivity index (χ4n) is 7.62. The van der Waals surface area contributed by atoms with Gasteiger partial charge >= 0.3 is 25.7 Å². The van der Waals surface area contributed by atoms with Gasteiger partial charge in [-0.05, 0) is 135 Å². The van der Waals surface area contributed by atoms with Crippen LogP contribution in [-0.2, 0) is 42.2 Å². The van der Waals surface area contributed by atoms with Crippen LogP contribution in [0.15, 0.2) is 146 Å². The van der Waals surface area contributed by atoms with E-state index >= 15 is 0 Å². The molecular weight excluding hydrogens is 1020 g/mol. The Bertz CT molecular complexity index is 1900. The van der Waals surface area contributed by atoms with Crippen LogP contribution in [0.5, 0.6) is 0 Å². The van der Waals surface area contributed by atoms with E-state index in [0.29, 0.717) is 25.7 Å². The summed E-state index contributed by atoms with van der Waals surface area (Å²) in [5, 5.41) is 9.84. The standard InChI is InChI=1S/C68H109O11P/c1-4-7-10-13-16-19-22-25-28-31-32-35-38-41-44-47-50-53-56-59-68(72)79-65(61-75-66(70)57-54-51-48-45-42-39-36-33-29-26-23-20-17-14-11-8-5-2)63-77-80(73,74)76-62-64(60-69)78-67(71)58-55-52-49-46-43-40-37-34-30-27-24-21-18-15-12-9-6-3/h7-8,10-11,16-21,25-30,32,35-36,39,41,44-45,48,64-65,69H,4-6,9,12-15,22-24,31,33-34,37-38,40,42-43,46-47,49-63H2,1-3H3,(H,73,74)/b10-7-,11-8-,19-16-,20-17-,21-18-,28-25-,29-26-,30-27-,35-32-,39-36-,44-41-,48-45-. The summed E-state index contributed by atoms with van der Waals surface area (Å²) in [4.78, 5) is 48.7. The number of hydrogen-bond donors (Lipinski definition) is 2. The van der Waals surface area contributed by atoms with E-state index in [1.54, 1.807) is 0 Å². The van der Waals surface area contributed by atoms with Gasteiger partial charge in [-0.2, -0.15) is 0 Å². The predicted octanol–water partition coefficient (Wildman–Crippen LogP) is 18.7. The van der Waals surface area contributed by atoms with Gasteiger partial charge in [-0.25, -0.2) is 4.57 Å². The Balaban J connectivity index is 4.87. The van der Waals surface area contributed by atoms with E-state index in [9.17, 15) is 28.9 Å². The fourth-order valence-corrected chi connectivity index (χ4v) is 8.41. The van der Waals surface area contributed by atoms with E-state index in [2.05, 4.69) is 161 Å². The van der Waals surface area contributed by atoms with E-state index in [1.807, 2.05) is 6.08 Å². The van der Waals surface area contributed by atoms with Gasteiger partial charge in [0.05, 0.1) is 19.8 Å². The summed E-state index contributed by atoms with van der Waals surface area (Å²) < 4.78 is 39.5. The summed E-state index contributed by atoms with van der Waals surface area (Å²) in [7, 11) is -4.79. The molecule has 0 saturated heterocycles. The minimum absolute atomic E-state index is 0.107. The zero-order valence-corrected chi connectivity index (χ0v) is 50.9. The molecule has 0 rings (SSSR count). The summed E-state index contributed by atoms with van der Waals surface area (Å²) in [6, 6.07) is 0. The van der Waals surface area contributed by atoms with Gasteiger partial charge in [-0.1, -0.05) is 218 Å². The van der Waals surface area contributed by atoms with E-state index in [-0.39, 0.29) is 25.9 Å². The lowest BCUT2D eigenvalue weighted by molar-refractivity contribution is -0.161. The number of carbonyl (C=O) groups excluding carboxylic acids is 3. The highest BCUT2D eigenvalue weighted by Crippen LogP contribution is 2.43. The molecule has 3 atom stereocenters. The van der Waals surface area contributed by atoms with Crippen molar-refractivity contribution in [3.8, 4) is 0 Å². The van der Waals surface area contributed by atoms with Crippen LogP contribution in [-0.4, -0.2) is 66.5 Å². The molecular formula is C68H109O11P. The maximum Gasteiger partial charge on any atom is 0.472 e. The second kappa shape index (κ2) is 60.5. The van der Waals surface area contributed by atoms with Crippen LogP contribution in [0.1, 0.15) is 226 Å². The molecule has 11 nitrogen and oxygen atoms in total. The molecule has 452 valence electrons. The first-order valence-corrected chi connectivity index (χ1v) is 32.2. The molecule has 0 saturated carbocycles. The SMILES string of the molecule is CC/C=C\C/C=C\C/C=C\C/C=C\C/C=C\CCCCCC(=O)OC(COC(=O)CCC/C=C\C/C=C\C/C=C\C/C=C\C/C=C\CC)COP(=O)(O)OCC(CO)OC(=O)CCCCCCCCC/C=C\C/C=C\CCCCC. The van der Waals surface area contributed by atoms with Crippen LogP contribution < -0.4 is 0 Å². The summed E-state index contributed by atoms with van der Waals surface area (Å²) >= 11 is 0. The maximum atomic E-state index is 12.9. The van der Waals surface area contributed by atoms with Crippen LogP contribution in [0.3, 0.4) is 0 Å². The molecule has 2 N–H and O–H groups in total. The topological polar surface area (TPSA) is 155 Å². The van der Waals surface area contributed by atoms with Gasteiger partial charge in [0.2, 0.25) is 0 Å². The molecule has 0 fully saturated rings. The van der Waals surface area contributed by atoms with E-state index in [0.717, 1.165) is 122 Å². The second-order valence-electron chi connectivity index (χ2n) is 19.7. The molecule has 0 amide bonds. The number of carbonyl (C=O) groups is 3. The van der Waals surface area contributed by atoms with Crippen LogP contribution >= 0.6 is 7.82 Å². The third-order valence-electron chi connectivity index (χ3n) is 12.2. The predicted molar refractivity (Wildman–Crippen MR) is 334 cm³/mol. The summed E-state index contributed by atoms with van der Waals surface area (Å²) in [6.07, 6.45) is 78.0. The summed E-state index contributed by atoms with van der Waals surface area (Å²) in [5.74, 6) is -1.60. The number of esters is 3. The van der Waals surface area contributed by atoms with Crippen molar-refractivity contribution in [3.05, 3.63) is 146 Å². The smallest absolute Gasteiger partial charge is 0.462 e. The molecule has 0 aromatic carbocycles. The zero-order valence-electron chi connectivity index (χ0n) is 50.0. The van der Waals surface area contributed by atoms with Crippen LogP contribution in [0.2, 0.25) is 0 Å². The van der Waals surface area contributed by atoms with Crippen molar-refractivity contribution in [2.75, 3.05) is 26.4 Å². The second-order valence-corrected chi connectivity index (χ2v) is 21.2. The Morgan fingerprint density at radius 1 is 0.362 bits per heavy atom. The van der Waals surface area contributed by atoms with Crippen molar-refractivity contribution in [3.63, 3.8) is 0 Å². The van der Waals surface area contributed by atoms with Gasteiger partial charge < -0.3 is 24.2 Å². The van der Waals surface area contributed by atoms with Crippen molar-refractivity contribution in [1.82, 2.24) is 0 Å². The molecule has 0 radical (unpaired) electrons. The number of phosphoric acid groups is 1. The van der Waals surface area contributed by atoms with Gasteiger partial charge in [-0.15, -0.1) is 0 Å². The zero-order chi connectivity index (χ0) is 58.3. The van der Waals surface area contributed by atoms with Gasteiger partial charge in [0.25, 0.3) is 0 Å². The lowest BCUT2D eigenvalue weighted by atomic mass is 10.1. The van der Waals surface area contributed by atoms with Gasteiger partial charge in [0.15, 0.2) is 6.10 Å². The van der Waals surface area contributed by atoms with E-state index in [1.165, 1.54) is 38.5 Å². The summed E-state index contributed by atoms with van der Waals surface area (Å²) in [5.41, 5.74) is 0. The minimum Gasteiger partial charge on any atom is -0.462 e. The van der Waals surface area contributed by atoms with Crippen molar-refractivity contribution in [2.24, 2.45) is 0 Å². The van der Waals surface area contributed by atoms with Crippen LogP contribution in [0.25, 0.3) is 0 Å². The fraction of sp³-hybridized carbons (Fsp3) is 0.603. The largest absolute Gasteiger partial charge is 0.472 e. The van der Waals surface area contributed by atoms with Crippen molar-refractivity contribution >= 4 is 25.7 Å². The highest BCUT2D eigenvalue weighted by atomic mass is 31.2. The third-order valence-corrected chi connectivity index (χ3v) is 13.2. The molecule has 0 spiro atoms. The van der Waals surface area contributed by atoms with Gasteiger partial charge in [0.1, 0.15) is 12.7 Å². The molecule has 0 heterocycles. The number of rotatable bonds is 55. The molecule has 12 heteroatoms. The highest BCUT2D eigenvalue weighted by Gasteiger charge is 2.28. The molecule has 0 aliphatic heterocycles. The molecule has 0 aliphatic rings. The number of unbranched alkanes of at least 4 members (excludes halogenated alkanes) is 14.